The van der Waals surface area contributed by atoms with Crippen LogP contribution in [0.3, 0.4) is 0 Å². The first-order chi connectivity index (χ1) is 9.81. The summed E-state index contributed by atoms with van der Waals surface area (Å²) < 4.78 is 42.8. The van der Waals surface area contributed by atoms with E-state index in [1.165, 1.54) is 7.11 Å². The van der Waals surface area contributed by atoms with Crippen LogP contribution in [-0.2, 0) is 15.6 Å². The van der Waals surface area contributed by atoms with Crippen molar-refractivity contribution >= 4 is 15.5 Å². The van der Waals surface area contributed by atoms with Gasteiger partial charge in [-0.25, -0.2) is 12.8 Å². The Labute approximate surface area is 122 Å². The Bertz CT molecular complexity index is 776. The number of pyridine rings is 1. The van der Waals surface area contributed by atoms with E-state index in [-0.39, 0.29) is 16.3 Å². The lowest BCUT2D eigenvalue weighted by Gasteiger charge is -2.09. The number of ether oxygens (including phenoxy) is 1. The van der Waals surface area contributed by atoms with Crippen LogP contribution in [0.5, 0.6) is 5.75 Å². The average molecular weight is 310 g/mol. The SMILES string of the molecule is COc1cc(C)nc(CS(=O)(=O)c2ccc(F)cc2N)c1. The maximum absolute atomic E-state index is 13.0. The molecule has 0 saturated heterocycles. The van der Waals surface area contributed by atoms with Crippen molar-refractivity contribution in [1.29, 1.82) is 0 Å². The fraction of sp³-hybridized carbons (Fsp3) is 0.214. The molecule has 2 N–H and O–H groups in total. The molecule has 21 heavy (non-hydrogen) atoms. The number of hydrogen-bond donors (Lipinski definition) is 1. The van der Waals surface area contributed by atoms with Gasteiger partial charge in [0.1, 0.15) is 11.6 Å². The summed E-state index contributed by atoms with van der Waals surface area (Å²) in [5, 5.41) is 0. The van der Waals surface area contributed by atoms with E-state index in [9.17, 15) is 12.8 Å². The van der Waals surface area contributed by atoms with E-state index in [4.69, 9.17) is 10.5 Å². The smallest absolute Gasteiger partial charge is 0.186 e. The number of halogens is 1. The minimum absolute atomic E-state index is 0.105. The van der Waals surface area contributed by atoms with Crippen LogP contribution in [0, 0.1) is 12.7 Å². The number of sulfone groups is 1. The van der Waals surface area contributed by atoms with Crippen LogP contribution in [0.1, 0.15) is 11.4 Å². The molecule has 0 aliphatic heterocycles. The highest BCUT2D eigenvalue weighted by Crippen LogP contribution is 2.24. The number of aromatic nitrogens is 1. The third-order valence-electron chi connectivity index (χ3n) is 2.86. The topological polar surface area (TPSA) is 82.3 Å². The summed E-state index contributed by atoms with van der Waals surface area (Å²) >= 11 is 0. The van der Waals surface area contributed by atoms with E-state index in [1.807, 2.05) is 0 Å². The number of rotatable bonds is 4. The molecule has 112 valence electrons. The average Bonchev–Trinajstić information content (AvgIpc) is 2.36. The van der Waals surface area contributed by atoms with E-state index in [1.54, 1.807) is 19.1 Å². The molecule has 0 amide bonds. The highest BCUT2D eigenvalue weighted by atomic mass is 32.2. The van der Waals surface area contributed by atoms with Gasteiger partial charge in [0.25, 0.3) is 0 Å². The maximum atomic E-state index is 13.0. The zero-order chi connectivity index (χ0) is 15.6. The molecule has 0 bridgehead atoms. The molecule has 0 aliphatic carbocycles. The molecule has 5 nitrogen and oxygen atoms in total. The van der Waals surface area contributed by atoms with Crippen LogP contribution in [-0.4, -0.2) is 20.5 Å². The number of nitrogens with two attached hydrogens (primary N) is 1. The molecule has 2 aromatic rings. The van der Waals surface area contributed by atoms with Crippen molar-refractivity contribution in [3.63, 3.8) is 0 Å². The Balaban J connectivity index is 2.39. The Morgan fingerprint density at radius 3 is 2.62 bits per heavy atom. The van der Waals surface area contributed by atoms with Crippen molar-refractivity contribution in [3.8, 4) is 5.75 Å². The predicted molar refractivity (Wildman–Crippen MR) is 77.2 cm³/mol. The van der Waals surface area contributed by atoms with E-state index < -0.39 is 15.7 Å². The molecule has 0 aliphatic rings. The summed E-state index contributed by atoms with van der Waals surface area (Å²) in [6.45, 7) is 1.74. The summed E-state index contributed by atoms with van der Waals surface area (Å²) in [4.78, 5) is 4.06. The lowest BCUT2D eigenvalue weighted by Crippen LogP contribution is -2.10. The van der Waals surface area contributed by atoms with Gasteiger partial charge >= 0.3 is 0 Å². The number of aryl methyl sites for hydroxylation is 1. The molecule has 1 aromatic heterocycles. The summed E-state index contributed by atoms with van der Waals surface area (Å²) in [5.41, 5.74) is 6.45. The molecule has 0 unspecified atom stereocenters. The Morgan fingerprint density at radius 2 is 2.00 bits per heavy atom. The molecule has 0 saturated carbocycles. The third kappa shape index (κ3) is 3.49. The van der Waals surface area contributed by atoms with Gasteiger partial charge in [0.15, 0.2) is 9.84 Å². The molecule has 7 heteroatoms. The van der Waals surface area contributed by atoms with Crippen LogP contribution >= 0.6 is 0 Å². The van der Waals surface area contributed by atoms with E-state index in [0.717, 1.165) is 18.2 Å². The number of hydrogen-bond acceptors (Lipinski definition) is 5. The van der Waals surface area contributed by atoms with E-state index >= 15 is 0 Å². The van der Waals surface area contributed by atoms with E-state index in [0.29, 0.717) is 17.1 Å². The second-order valence-electron chi connectivity index (χ2n) is 4.58. The fourth-order valence-corrected chi connectivity index (χ4v) is 3.36. The highest BCUT2D eigenvalue weighted by molar-refractivity contribution is 7.90. The molecule has 2 rings (SSSR count). The zero-order valence-electron chi connectivity index (χ0n) is 11.6. The normalized spacial score (nSPS) is 11.4. The monoisotopic (exact) mass is 310 g/mol. The van der Waals surface area contributed by atoms with Crippen LogP contribution in [0.15, 0.2) is 35.2 Å². The molecule has 0 radical (unpaired) electrons. The molecular weight excluding hydrogens is 295 g/mol. The van der Waals surface area contributed by atoms with Gasteiger partial charge in [0.2, 0.25) is 0 Å². The second kappa shape index (κ2) is 5.69. The van der Waals surface area contributed by atoms with Gasteiger partial charge in [-0.3, -0.25) is 4.98 Å². The number of methoxy groups -OCH3 is 1. The fourth-order valence-electron chi connectivity index (χ4n) is 1.97. The second-order valence-corrected chi connectivity index (χ2v) is 6.54. The van der Waals surface area contributed by atoms with Crippen molar-refractivity contribution in [2.45, 2.75) is 17.6 Å². The summed E-state index contributed by atoms with van der Waals surface area (Å²) in [7, 11) is -2.22. The Hall–Kier alpha value is -2.15. The highest BCUT2D eigenvalue weighted by Gasteiger charge is 2.20. The predicted octanol–water partition coefficient (Wildman–Crippen LogP) is 2.09. The maximum Gasteiger partial charge on any atom is 0.186 e. The van der Waals surface area contributed by atoms with Gasteiger partial charge < -0.3 is 10.5 Å². The van der Waals surface area contributed by atoms with Crippen LogP contribution in [0.2, 0.25) is 0 Å². The van der Waals surface area contributed by atoms with Crippen LogP contribution in [0.4, 0.5) is 10.1 Å². The largest absolute Gasteiger partial charge is 0.497 e. The number of benzene rings is 1. The summed E-state index contributed by atoms with van der Waals surface area (Å²) in [5.74, 6) is -0.387. The number of anilines is 1. The molecule has 1 aromatic carbocycles. The first kappa shape index (κ1) is 15.2. The van der Waals surface area contributed by atoms with Gasteiger partial charge in [0.05, 0.1) is 29.1 Å². The molecule has 0 spiro atoms. The van der Waals surface area contributed by atoms with Crippen molar-refractivity contribution in [2.75, 3.05) is 12.8 Å². The molecule has 1 heterocycles. The van der Waals surface area contributed by atoms with Gasteiger partial charge in [-0.2, -0.15) is 0 Å². The quantitative estimate of drug-likeness (QED) is 0.690. The molecular formula is C14H15FN2O3S. The van der Waals surface area contributed by atoms with Gasteiger partial charge in [-0.05, 0) is 25.1 Å². The van der Waals surface area contributed by atoms with Crippen molar-refractivity contribution in [3.05, 3.63) is 47.5 Å². The number of nitrogen functional groups attached to an aromatic ring is 1. The van der Waals surface area contributed by atoms with E-state index in [2.05, 4.69) is 4.98 Å². The minimum atomic E-state index is -3.71. The van der Waals surface area contributed by atoms with Crippen molar-refractivity contribution in [1.82, 2.24) is 4.98 Å². The summed E-state index contributed by atoms with van der Waals surface area (Å²) in [6, 6.07) is 6.45. The first-order valence-electron chi connectivity index (χ1n) is 6.11. The third-order valence-corrected chi connectivity index (χ3v) is 4.58. The van der Waals surface area contributed by atoms with Crippen molar-refractivity contribution < 1.29 is 17.5 Å². The van der Waals surface area contributed by atoms with Crippen LogP contribution < -0.4 is 10.5 Å². The Morgan fingerprint density at radius 1 is 1.29 bits per heavy atom. The number of nitrogens with zero attached hydrogens (tertiary/aromatic N) is 1. The van der Waals surface area contributed by atoms with Crippen LogP contribution in [0.25, 0.3) is 0 Å². The van der Waals surface area contributed by atoms with Gasteiger partial charge in [-0.15, -0.1) is 0 Å². The van der Waals surface area contributed by atoms with Gasteiger partial charge in [-0.1, -0.05) is 0 Å². The van der Waals surface area contributed by atoms with Crippen molar-refractivity contribution in [2.24, 2.45) is 0 Å². The standard InChI is InChI=1S/C14H15FN2O3S/c1-9-5-12(20-2)7-11(17-9)8-21(18,19)14-4-3-10(15)6-13(14)16/h3-7H,8,16H2,1-2H3. The minimum Gasteiger partial charge on any atom is -0.497 e. The molecule has 0 fully saturated rings. The lowest BCUT2D eigenvalue weighted by atomic mass is 10.3. The summed E-state index contributed by atoms with van der Waals surface area (Å²) in [6.07, 6.45) is 0. The zero-order valence-corrected chi connectivity index (χ0v) is 12.4. The Kier molecular flexibility index (Phi) is 4.13. The van der Waals surface area contributed by atoms with Gasteiger partial charge in [0, 0.05) is 17.8 Å². The molecule has 0 atom stereocenters. The first-order valence-corrected chi connectivity index (χ1v) is 7.76. The lowest BCUT2D eigenvalue weighted by molar-refractivity contribution is 0.413.